The number of hydrogen-bond acceptors (Lipinski definition) is 12. The van der Waals surface area contributed by atoms with Crippen LogP contribution in [0.25, 0.3) is 0 Å². The van der Waals surface area contributed by atoms with Gasteiger partial charge in [0.25, 0.3) is 17.7 Å². The smallest absolute Gasteiger partial charge is 0.258 e. The van der Waals surface area contributed by atoms with E-state index in [4.69, 9.17) is 0 Å². The SMILES string of the molecule is O=C(Nc1nc(NC(=O)c2ccc3c(c2)C(=O)c2ccccc2C3=O)nc(NC(=O)c2ccc3c(c2)C(=O)c2ccccc2C3=O)n1)c1ccc2c(c1)C(=O)c1ccccc1C2=O. The van der Waals surface area contributed by atoms with E-state index < -0.39 is 52.9 Å². The van der Waals surface area contributed by atoms with Crippen LogP contribution in [-0.4, -0.2) is 67.4 Å². The lowest BCUT2D eigenvalue weighted by molar-refractivity contribution is 0.0977. The number of amides is 3. The largest absolute Gasteiger partial charge is 0.290 e. The van der Waals surface area contributed by atoms with Gasteiger partial charge in [-0.05, 0) is 54.6 Å². The Kier molecular flexibility index (Phi) is 8.74. The number of rotatable bonds is 6. The van der Waals surface area contributed by atoms with Gasteiger partial charge in [0.2, 0.25) is 17.8 Å². The highest BCUT2D eigenvalue weighted by Gasteiger charge is 2.33. The lowest BCUT2D eigenvalue weighted by Crippen LogP contribution is -2.24. The van der Waals surface area contributed by atoms with Crippen molar-refractivity contribution in [1.82, 2.24) is 15.0 Å². The molecular formula is C48H24N6O9. The molecule has 3 N–H and O–H groups in total. The van der Waals surface area contributed by atoms with Crippen molar-refractivity contribution in [2.75, 3.05) is 16.0 Å². The fraction of sp³-hybridized carbons (Fsp3) is 0. The van der Waals surface area contributed by atoms with Gasteiger partial charge in [-0.3, -0.25) is 59.1 Å². The number of carbonyl (C=O) groups is 9. The molecule has 0 unspecified atom stereocenters. The third kappa shape index (κ3) is 6.31. The second-order valence-electron chi connectivity index (χ2n) is 14.6. The Hall–Kier alpha value is -9.24. The Bertz CT molecular complexity index is 2990. The molecule has 0 saturated heterocycles. The first-order valence-corrected chi connectivity index (χ1v) is 19.1. The Morgan fingerprint density at radius 2 is 0.492 bits per heavy atom. The summed E-state index contributed by atoms with van der Waals surface area (Å²) in [5.74, 6) is -6.47. The standard InChI is InChI=1S/C48H24N6O9/c55-37-25-7-1-4-10-28(25)40(58)34-19-22(13-16-31(34)37)43(61)49-46-52-47(50-44(62)23-14-17-32-35(20-23)41(59)29-11-5-2-8-26(29)38(32)56)54-48(53-46)51-45(63)24-15-18-33-36(21-24)42(60)30-12-6-3-9-27(30)39(33)57/h1-21H,(H3,49,50,51,52,53,54,61,62,63). The molecule has 0 saturated carbocycles. The van der Waals surface area contributed by atoms with Gasteiger partial charge in [-0.15, -0.1) is 0 Å². The summed E-state index contributed by atoms with van der Waals surface area (Å²) in [5.41, 5.74) is 1.44. The fourth-order valence-electron chi connectivity index (χ4n) is 7.79. The van der Waals surface area contributed by atoms with Gasteiger partial charge in [-0.25, -0.2) is 0 Å². The highest BCUT2D eigenvalue weighted by molar-refractivity contribution is 6.31. The lowest BCUT2D eigenvalue weighted by atomic mass is 9.83. The normalized spacial score (nSPS) is 13.1. The molecule has 63 heavy (non-hydrogen) atoms. The van der Waals surface area contributed by atoms with Gasteiger partial charge in [-0.2, -0.15) is 15.0 Å². The van der Waals surface area contributed by atoms with E-state index in [0.29, 0.717) is 0 Å². The van der Waals surface area contributed by atoms with Crippen molar-refractivity contribution in [2.45, 2.75) is 0 Å². The molecule has 10 rings (SSSR count). The molecule has 0 atom stereocenters. The van der Waals surface area contributed by atoms with Crippen LogP contribution in [-0.2, 0) is 0 Å². The Balaban J connectivity index is 0.965. The first-order chi connectivity index (χ1) is 30.4. The van der Waals surface area contributed by atoms with Crippen LogP contribution in [0.15, 0.2) is 127 Å². The third-order valence-electron chi connectivity index (χ3n) is 10.9. The molecule has 3 amide bonds. The van der Waals surface area contributed by atoms with Crippen LogP contribution >= 0.6 is 0 Å². The zero-order valence-electron chi connectivity index (χ0n) is 32.1. The Morgan fingerprint density at radius 1 is 0.286 bits per heavy atom. The topological polar surface area (TPSA) is 228 Å². The average Bonchev–Trinajstić information content (AvgIpc) is 3.31. The van der Waals surface area contributed by atoms with E-state index >= 15 is 0 Å². The fourth-order valence-corrected chi connectivity index (χ4v) is 7.79. The van der Waals surface area contributed by atoms with Crippen LogP contribution in [0.4, 0.5) is 17.8 Å². The molecule has 0 radical (unpaired) electrons. The second kappa shape index (κ2) is 14.5. The summed E-state index contributed by atoms with van der Waals surface area (Å²) >= 11 is 0. The van der Waals surface area contributed by atoms with Crippen molar-refractivity contribution < 1.29 is 43.2 Å². The number of fused-ring (bicyclic) bond motifs is 6. The summed E-state index contributed by atoms with van der Waals surface area (Å²) in [6, 6.07) is 30.8. The average molecular weight is 829 g/mol. The van der Waals surface area contributed by atoms with Gasteiger partial charge in [0.1, 0.15) is 0 Å². The predicted octanol–water partition coefficient (Wildman–Crippen LogP) is 5.95. The molecule has 3 aliphatic rings. The first-order valence-electron chi connectivity index (χ1n) is 19.1. The minimum atomic E-state index is -0.839. The molecule has 1 aromatic heterocycles. The maximum absolute atomic E-state index is 13.7. The van der Waals surface area contributed by atoms with Crippen molar-refractivity contribution >= 4 is 70.3 Å². The number of nitrogens with one attached hydrogen (secondary N) is 3. The van der Waals surface area contributed by atoms with Crippen molar-refractivity contribution in [3.8, 4) is 0 Å². The minimum Gasteiger partial charge on any atom is -0.290 e. The van der Waals surface area contributed by atoms with Crippen LogP contribution in [0.3, 0.4) is 0 Å². The van der Waals surface area contributed by atoms with Crippen LogP contribution in [0.1, 0.15) is 127 Å². The molecule has 0 fully saturated rings. The molecule has 300 valence electrons. The number of aromatic nitrogens is 3. The highest BCUT2D eigenvalue weighted by Crippen LogP contribution is 2.31. The quantitative estimate of drug-likeness (QED) is 0.177. The van der Waals surface area contributed by atoms with Gasteiger partial charge in [0, 0.05) is 83.5 Å². The summed E-state index contributed by atoms with van der Waals surface area (Å²) in [6.45, 7) is 0. The number of anilines is 3. The predicted molar refractivity (Wildman–Crippen MR) is 223 cm³/mol. The van der Waals surface area contributed by atoms with Crippen molar-refractivity contribution in [1.29, 1.82) is 0 Å². The molecule has 6 aromatic carbocycles. The van der Waals surface area contributed by atoms with Crippen molar-refractivity contribution in [2.24, 2.45) is 0 Å². The van der Waals surface area contributed by atoms with Crippen LogP contribution in [0.2, 0.25) is 0 Å². The van der Waals surface area contributed by atoms with Crippen molar-refractivity contribution in [3.05, 3.63) is 211 Å². The van der Waals surface area contributed by atoms with E-state index in [-0.39, 0.29) is 101 Å². The van der Waals surface area contributed by atoms with E-state index in [1.54, 1.807) is 54.6 Å². The molecule has 15 nitrogen and oxygen atoms in total. The summed E-state index contributed by atoms with van der Waals surface area (Å²) in [5, 5.41) is 7.42. The number of benzene rings is 6. The van der Waals surface area contributed by atoms with Crippen molar-refractivity contribution in [3.63, 3.8) is 0 Å². The highest BCUT2D eigenvalue weighted by atomic mass is 16.2. The minimum absolute atomic E-state index is 0.00494. The summed E-state index contributed by atoms with van der Waals surface area (Å²) in [6.07, 6.45) is 0. The zero-order chi connectivity index (χ0) is 43.7. The first kappa shape index (κ1) is 38.0. The van der Waals surface area contributed by atoms with Crippen LogP contribution in [0.5, 0.6) is 0 Å². The zero-order valence-corrected chi connectivity index (χ0v) is 32.1. The summed E-state index contributed by atoms with van der Waals surface area (Å²) in [4.78, 5) is 133. The molecule has 15 heteroatoms. The molecule has 0 aliphatic heterocycles. The van der Waals surface area contributed by atoms with Gasteiger partial charge < -0.3 is 0 Å². The lowest BCUT2D eigenvalue weighted by Gasteiger charge is -2.18. The second-order valence-corrected chi connectivity index (χ2v) is 14.6. The van der Waals surface area contributed by atoms with Gasteiger partial charge in [-0.1, -0.05) is 72.8 Å². The van der Waals surface area contributed by atoms with E-state index in [9.17, 15) is 43.2 Å². The monoisotopic (exact) mass is 828 g/mol. The molecule has 0 spiro atoms. The Labute approximate surface area is 354 Å². The molecule has 0 bridgehead atoms. The van der Waals surface area contributed by atoms with E-state index in [0.717, 1.165) is 0 Å². The molecule has 3 aliphatic carbocycles. The number of nitrogens with zero attached hydrogens (tertiary/aromatic N) is 3. The molecular weight excluding hydrogens is 805 g/mol. The van der Waals surface area contributed by atoms with Gasteiger partial charge >= 0.3 is 0 Å². The molecule has 1 heterocycles. The molecule has 7 aromatic rings. The maximum Gasteiger partial charge on any atom is 0.258 e. The summed E-state index contributed by atoms with van der Waals surface area (Å²) in [7, 11) is 0. The van der Waals surface area contributed by atoms with Crippen LogP contribution < -0.4 is 16.0 Å². The third-order valence-corrected chi connectivity index (χ3v) is 10.9. The van der Waals surface area contributed by atoms with E-state index in [1.807, 2.05) is 0 Å². The van der Waals surface area contributed by atoms with Crippen LogP contribution in [0, 0.1) is 0 Å². The number of ketones is 6. The Morgan fingerprint density at radius 3 is 0.730 bits per heavy atom. The number of carbonyl (C=O) groups excluding carboxylic acids is 9. The van der Waals surface area contributed by atoms with Gasteiger partial charge in [0.05, 0.1) is 0 Å². The van der Waals surface area contributed by atoms with Gasteiger partial charge in [0.15, 0.2) is 34.7 Å². The van der Waals surface area contributed by atoms with E-state index in [2.05, 4.69) is 30.9 Å². The van der Waals surface area contributed by atoms with E-state index in [1.165, 1.54) is 72.8 Å². The summed E-state index contributed by atoms with van der Waals surface area (Å²) < 4.78 is 0. The maximum atomic E-state index is 13.7. The number of hydrogen-bond donors (Lipinski definition) is 3.